The summed E-state index contributed by atoms with van der Waals surface area (Å²) in [7, 11) is 0. The molecular formula is C19H24N4O2. The number of benzene rings is 1. The molecule has 0 unspecified atom stereocenters. The summed E-state index contributed by atoms with van der Waals surface area (Å²) in [5, 5.41) is 7.15. The fourth-order valence-corrected chi connectivity index (χ4v) is 3.28. The monoisotopic (exact) mass is 340 g/mol. The Morgan fingerprint density at radius 1 is 1.36 bits per heavy atom. The van der Waals surface area contributed by atoms with Gasteiger partial charge < -0.3 is 10.2 Å². The van der Waals surface area contributed by atoms with Gasteiger partial charge in [-0.25, -0.2) is 0 Å². The van der Waals surface area contributed by atoms with Crippen LogP contribution < -0.4 is 10.2 Å². The highest BCUT2D eigenvalue weighted by atomic mass is 16.2. The zero-order chi connectivity index (χ0) is 17.8. The van der Waals surface area contributed by atoms with Gasteiger partial charge in [0.2, 0.25) is 11.8 Å². The van der Waals surface area contributed by atoms with Crippen LogP contribution in [0.3, 0.4) is 0 Å². The van der Waals surface area contributed by atoms with Gasteiger partial charge in [-0.1, -0.05) is 25.1 Å². The minimum absolute atomic E-state index is 0.0146. The minimum atomic E-state index is -0.308. The van der Waals surface area contributed by atoms with Crippen LogP contribution in [0.25, 0.3) is 0 Å². The summed E-state index contributed by atoms with van der Waals surface area (Å²) in [6, 6.07) is 9.71. The van der Waals surface area contributed by atoms with E-state index in [1.807, 2.05) is 43.5 Å². The van der Waals surface area contributed by atoms with E-state index in [9.17, 15) is 9.59 Å². The Bertz CT molecular complexity index is 742. The quantitative estimate of drug-likeness (QED) is 0.875. The molecule has 1 N–H and O–H groups in total. The van der Waals surface area contributed by atoms with E-state index < -0.39 is 0 Å². The van der Waals surface area contributed by atoms with Gasteiger partial charge in [0.15, 0.2) is 0 Å². The van der Waals surface area contributed by atoms with Crippen molar-refractivity contribution >= 4 is 17.5 Å². The van der Waals surface area contributed by atoms with E-state index in [1.54, 1.807) is 15.8 Å². The Kier molecular flexibility index (Phi) is 5.16. The first-order valence-electron chi connectivity index (χ1n) is 8.74. The predicted molar refractivity (Wildman–Crippen MR) is 96.1 cm³/mol. The molecule has 1 aliphatic heterocycles. The second kappa shape index (κ2) is 7.51. The van der Waals surface area contributed by atoms with Crippen molar-refractivity contribution in [3.05, 3.63) is 48.3 Å². The highest BCUT2D eigenvalue weighted by Gasteiger charge is 2.36. The summed E-state index contributed by atoms with van der Waals surface area (Å²) in [4.78, 5) is 26.7. The van der Waals surface area contributed by atoms with Crippen molar-refractivity contribution in [2.45, 2.75) is 39.3 Å². The van der Waals surface area contributed by atoms with Crippen LogP contribution in [0.2, 0.25) is 0 Å². The first-order chi connectivity index (χ1) is 12.1. The molecule has 2 amide bonds. The Morgan fingerprint density at radius 2 is 2.16 bits per heavy atom. The number of amides is 2. The Hall–Kier alpha value is -2.63. The van der Waals surface area contributed by atoms with Crippen LogP contribution >= 0.6 is 0 Å². The van der Waals surface area contributed by atoms with Crippen molar-refractivity contribution in [1.82, 2.24) is 15.1 Å². The standard InChI is InChI=1S/C19H24N4O2/c1-3-15-7-4-5-8-17(15)23-13-16(11-18(23)24)19(25)21-14(2)12-22-10-6-9-20-22/h4-10,14,16H,3,11-13H2,1-2H3,(H,21,25)/t14-,16+/m0/s1. The highest BCUT2D eigenvalue weighted by molar-refractivity contribution is 6.00. The molecule has 25 heavy (non-hydrogen) atoms. The number of aromatic nitrogens is 2. The molecule has 1 saturated heterocycles. The lowest BCUT2D eigenvalue weighted by molar-refractivity contribution is -0.126. The van der Waals surface area contributed by atoms with Gasteiger partial charge in [0.1, 0.15) is 0 Å². The third-order valence-corrected chi connectivity index (χ3v) is 4.57. The normalized spacial score (nSPS) is 18.4. The average Bonchev–Trinajstić information content (AvgIpc) is 3.24. The van der Waals surface area contributed by atoms with Crippen LogP contribution in [0, 0.1) is 5.92 Å². The topological polar surface area (TPSA) is 67.2 Å². The number of rotatable bonds is 6. The summed E-state index contributed by atoms with van der Waals surface area (Å²) in [6.07, 6.45) is 4.70. The Morgan fingerprint density at radius 3 is 2.88 bits per heavy atom. The van der Waals surface area contributed by atoms with Crippen molar-refractivity contribution in [2.24, 2.45) is 5.92 Å². The largest absolute Gasteiger partial charge is 0.351 e. The van der Waals surface area contributed by atoms with E-state index in [4.69, 9.17) is 0 Å². The maximum absolute atomic E-state index is 12.5. The van der Waals surface area contributed by atoms with Gasteiger partial charge in [-0.2, -0.15) is 5.10 Å². The first kappa shape index (κ1) is 17.2. The summed E-state index contributed by atoms with van der Waals surface area (Å²) in [5.74, 6) is -0.359. The smallest absolute Gasteiger partial charge is 0.227 e. The van der Waals surface area contributed by atoms with Crippen LogP contribution in [-0.4, -0.2) is 34.2 Å². The van der Waals surface area contributed by atoms with Crippen LogP contribution in [0.5, 0.6) is 0 Å². The Balaban J connectivity index is 1.62. The molecule has 1 aromatic carbocycles. The minimum Gasteiger partial charge on any atom is -0.351 e. The van der Waals surface area contributed by atoms with E-state index in [0.29, 0.717) is 13.1 Å². The van der Waals surface area contributed by atoms with Crippen molar-refractivity contribution in [3.63, 3.8) is 0 Å². The van der Waals surface area contributed by atoms with E-state index in [0.717, 1.165) is 17.7 Å². The number of carbonyl (C=O) groups excluding carboxylic acids is 2. The average molecular weight is 340 g/mol. The number of anilines is 1. The number of aryl methyl sites for hydroxylation is 1. The number of nitrogens with one attached hydrogen (secondary N) is 1. The molecule has 6 nitrogen and oxygen atoms in total. The molecule has 1 fully saturated rings. The molecule has 0 bridgehead atoms. The van der Waals surface area contributed by atoms with Gasteiger partial charge in [0.25, 0.3) is 0 Å². The van der Waals surface area contributed by atoms with Gasteiger partial charge in [-0.15, -0.1) is 0 Å². The zero-order valence-corrected chi connectivity index (χ0v) is 14.7. The molecule has 0 saturated carbocycles. The number of hydrogen-bond donors (Lipinski definition) is 1. The highest BCUT2D eigenvalue weighted by Crippen LogP contribution is 2.28. The van der Waals surface area contributed by atoms with Crippen molar-refractivity contribution in [2.75, 3.05) is 11.4 Å². The third-order valence-electron chi connectivity index (χ3n) is 4.57. The van der Waals surface area contributed by atoms with E-state index in [2.05, 4.69) is 17.3 Å². The van der Waals surface area contributed by atoms with E-state index >= 15 is 0 Å². The van der Waals surface area contributed by atoms with Crippen molar-refractivity contribution in [3.8, 4) is 0 Å². The Labute approximate surface area is 147 Å². The van der Waals surface area contributed by atoms with Crippen LogP contribution in [0.15, 0.2) is 42.7 Å². The number of nitrogens with zero attached hydrogens (tertiary/aromatic N) is 3. The molecular weight excluding hydrogens is 316 g/mol. The molecule has 0 aliphatic carbocycles. The molecule has 0 radical (unpaired) electrons. The van der Waals surface area contributed by atoms with Gasteiger partial charge in [0, 0.05) is 37.1 Å². The lowest BCUT2D eigenvalue weighted by atomic mass is 10.1. The second-order valence-corrected chi connectivity index (χ2v) is 6.53. The number of para-hydroxylation sites is 1. The predicted octanol–water partition coefficient (Wildman–Crippen LogP) is 2.00. The van der Waals surface area contributed by atoms with Crippen molar-refractivity contribution < 1.29 is 9.59 Å². The number of hydrogen-bond acceptors (Lipinski definition) is 3. The molecule has 2 heterocycles. The van der Waals surface area contributed by atoms with Gasteiger partial charge in [-0.05, 0) is 31.0 Å². The second-order valence-electron chi connectivity index (χ2n) is 6.53. The summed E-state index contributed by atoms with van der Waals surface area (Å²) in [6.45, 7) is 5.07. The molecule has 0 spiro atoms. The fourth-order valence-electron chi connectivity index (χ4n) is 3.28. The molecule has 2 atom stereocenters. The van der Waals surface area contributed by atoms with Gasteiger partial charge >= 0.3 is 0 Å². The maximum atomic E-state index is 12.5. The summed E-state index contributed by atoms with van der Waals surface area (Å²) in [5.41, 5.74) is 2.05. The SMILES string of the molecule is CCc1ccccc1N1C[C@H](C(=O)N[C@@H](C)Cn2cccn2)CC1=O. The number of carbonyl (C=O) groups is 2. The maximum Gasteiger partial charge on any atom is 0.227 e. The first-order valence-corrected chi connectivity index (χ1v) is 8.74. The molecule has 6 heteroatoms. The zero-order valence-electron chi connectivity index (χ0n) is 14.7. The molecule has 1 aromatic heterocycles. The van der Waals surface area contributed by atoms with Crippen LogP contribution in [0.4, 0.5) is 5.69 Å². The van der Waals surface area contributed by atoms with Gasteiger partial charge in [-0.3, -0.25) is 14.3 Å². The third kappa shape index (κ3) is 3.90. The summed E-state index contributed by atoms with van der Waals surface area (Å²) >= 11 is 0. The molecule has 3 rings (SSSR count). The van der Waals surface area contributed by atoms with Crippen molar-refractivity contribution in [1.29, 1.82) is 0 Å². The van der Waals surface area contributed by atoms with Crippen LogP contribution in [0.1, 0.15) is 25.8 Å². The molecule has 1 aliphatic rings. The molecule has 132 valence electrons. The van der Waals surface area contributed by atoms with E-state index in [1.165, 1.54) is 0 Å². The van der Waals surface area contributed by atoms with Gasteiger partial charge in [0.05, 0.1) is 12.5 Å². The lowest BCUT2D eigenvalue weighted by Crippen LogP contribution is -2.40. The molecule has 2 aromatic rings. The fraction of sp³-hybridized carbons (Fsp3) is 0.421. The lowest BCUT2D eigenvalue weighted by Gasteiger charge is -2.20. The van der Waals surface area contributed by atoms with E-state index in [-0.39, 0.29) is 30.2 Å². The van der Waals surface area contributed by atoms with Crippen LogP contribution in [-0.2, 0) is 22.6 Å². The summed E-state index contributed by atoms with van der Waals surface area (Å²) < 4.78 is 1.79.